The lowest BCUT2D eigenvalue weighted by atomic mass is 10.1. The summed E-state index contributed by atoms with van der Waals surface area (Å²) in [4.78, 5) is 54.2. The second-order valence-corrected chi connectivity index (χ2v) is 11.4. The SMILES string of the molecule is CC(=O)Nc1nc(-c2cccc(NC(=O)[C@@H]3C[C@H](OC(=O)[C@@H](N)CCCCN)[C@@H](COC(=O)[C@@H](N)CCCCN)O3)c2)cs1. The molecule has 15 heteroatoms. The average molecular weight is 634 g/mol. The van der Waals surface area contributed by atoms with E-state index in [0.29, 0.717) is 55.3 Å². The van der Waals surface area contributed by atoms with Crippen LogP contribution < -0.4 is 33.6 Å². The number of unbranched alkanes of at least 4 members (excludes halogenated alkanes) is 2. The number of nitrogens with zero attached hydrogens (tertiary/aromatic N) is 1. The minimum atomic E-state index is -1.00. The molecule has 1 aromatic heterocycles. The number of esters is 2. The maximum atomic E-state index is 13.3. The Morgan fingerprint density at radius 3 is 2.36 bits per heavy atom. The molecule has 44 heavy (non-hydrogen) atoms. The molecule has 1 saturated heterocycles. The molecule has 242 valence electrons. The van der Waals surface area contributed by atoms with E-state index in [1.807, 2.05) is 6.07 Å². The molecule has 10 N–H and O–H groups in total. The number of carbonyl (C=O) groups excluding carboxylic acids is 4. The van der Waals surface area contributed by atoms with E-state index >= 15 is 0 Å². The second-order valence-electron chi connectivity index (χ2n) is 10.6. The van der Waals surface area contributed by atoms with Gasteiger partial charge >= 0.3 is 11.9 Å². The number of benzene rings is 1. The fourth-order valence-electron chi connectivity index (χ4n) is 4.51. The van der Waals surface area contributed by atoms with Gasteiger partial charge < -0.3 is 47.8 Å². The first-order chi connectivity index (χ1) is 21.1. The Hall–Kier alpha value is -3.47. The molecule has 2 aromatic rings. The highest BCUT2D eigenvalue weighted by atomic mass is 32.1. The van der Waals surface area contributed by atoms with Crippen LogP contribution in [0, 0.1) is 0 Å². The minimum Gasteiger partial charge on any atom is -0.462 e. The van der Waals surface area contributed by atoms with Crippen LogP contribution in [-0.4, -0.2) is 78.8 Å². The predicted molar refractivity (Wildman–Crippen MR) is 166 cm³/mol. The third kappa shape index (κ3) is 10.9. The Labute approximate surface area is 260 Å². The highest BCUT2D eigenvalue weighted by Gasteiger charge is 2.42. The number of thiazole rings is 1. The molecule has 1 aliphatic heterocycles. The van der Waals surface area contributed by atoms with Crippen LogP contribution in [0.3, 0.4) is 0 Å². The average Bonchev–Trinajstić information content (AvgIpc) is 3.63. The predicted octanol–water partition coefficient (Wildman–Crippen LogP) is 1.23. The molecule has 0 aliphatic carbocycles. The van der Waals surface area contributed by atoms with Crippen LogP contribution in [-0.2, 0) is 33.4 Å². The van der Waals surface area contributed by atoms with Crippen molar-refractivity contribution in [2.24, 2.45) is 22.9 Å². The van der Waals surface area contributed by atoms with Crippen molar-refractivity contribution in [1.29, 1.82) is 0 Å². The summed E-state index contributed by atoms with van der Waals surface area (Å²) in [5.41, 5.74) is 24.8. The summed E-state index contributed by atoms with van der Waals surface area (Å²) in [6.45, 7) is 2.13. The molecule has 0 unspecified atom stereocenters. The molecule has 1 aliphatic rings. The van der Waals surface area contributed by atoms with E-state index in [9.17, 15) is 19.2 Å². The normalized spacial score (nSPS) is 19.2. The quantitative estimate of drug-likeness (QED) is 0.107. The maximum absolute atomic E-state index is 13.3. The Morgan fingerprint density at radius 2 is 1.70 bits per heavy atom. The minimum absolute atomic E-state index is 0.0315. The summed E-state index contributed by atoms with van der Waals surface area (Å²) < 4.78 is 17.0. The van der Waals surface area contributed by atoms with Crippen molar-refractivity contribution in [2.75, 3.05) is 30.3 Å². The molecule has 1 fully saturated rings. The maximum Gasteiger partial charge on any atom is 0.323 e. The highest BCUT2D eigenvalue weighted by Crippen LogP contribution is 2.29. The molecule has 5 atom stereocenters. The molecule has 3 rings (SSSR count). The first-order valence-electron chi connectivity index (χ1n) is 14.7. The van der Waals surface area contributed by atoms with Crippen molar-refractivity contribution < 1.29 is 33.4 Å². The van der Waals surface area contributed by atoms with E-state index in [-0.39, 0.29) is 18.9 Å². The van der Waals surface area contributed by atoms with Gasteiger partial charge in [0.05, 0.1) is 5.69 Å². The Bertz CT molecular complexity index is 1260. The van der Waals surface area contributed by atoms with Gasteiger partial charge in [-0.3, -0.25) is 19.2 Å². The van der Waals surface area contributed by atoms with E-state index in [0.717, 1.165) is 18.4 Å². The van der Waals surface area contributed by atoms with E-state index in [4.69, 9.17) is 37.1 Å². The zero-order valence-corrected chi connectivity index (χ0v) is 25.7. The van der Waals surface area contributed by atoms with Gasteiger partial charge in [-0.15, -0.1) is 11.3 Å². The number of aromatic nitrogens is 1. The van der Waals surface area contributed by atoms with Crippen molar-refractivity contribution in [3.05, 3.63) is 29.6 Å². The van der Waals surface area contributed by atoms with E-state index in [2.05, 4.69) is 15.6 Å². The van der Waals surface area contributed by atoms with Crippen molar-refractivity contribution in [3.63, 3.8) is 0 Å². The van der Waals surface area contributed by atoms with Crippen molar-refractivity contribution >= 4 is 45.9 Å². The van der Waals surface area contributed by atoms with E-state index in [1.54, 1.807) is 23.6 Å². The second kappa shape index (κ2) is 17.7. The number of anilines is 2. The summed E-state index contributed by atoms with van der Waals surface area (Å²) in [6, 6.07) is 5.33. The summed E-state index contributed by atoms with van der Waals surface area (Å²) >= 11 is 1.28. The summed E-state index contributed by atoms with van der Waals surface area (Å²) in [5, 5.41) is 7.72. The fourth-order valence-corrected chi connectivity index (χ4v) is 5.28. The lowest BCUT2D eigenvalue weighted by Crippen LogP contribution is -2.40. The van der Waals surface area contributed by atoms with E-state index < -0.39 is 48.2 Å². The summed E-state index contributed by atoms with van der Waals surface area (Å²) in [5.74, 6) is -1.96. The molecule has 0 bridgehead atoms. The number of ether oxygens (including phenoxy) is 3. The van der Waals surface area contributed by atoms with Gasteiger partial charge in [-0.2, -0.15) is 0 Å². The topological polar surface area (TPSA) is 237 Å². The van der Waals surface area contributed by atoms with Crippen LogP contribution in [0.4, 0.5) is 10.8 Å². The number of nitrogens with two attached hydrogens (primary N) is 4. The Balaban J connectivity index is 1.66. The van der Waals surface area contributed by atoms with Crippen LogP contribution >= 0.6 is 11.3 Å². The molecule has 2 heterocycles. The summed E-state index contributed by atoms with van der Waals surface area (Å²) in [6.07, 6.45) is 0.852. The number of rotatable bonds is 17. The number of amides is 2. The third-order valence-electron chi connectivity index (χ3n) is 6.91. The largest absolute Gasteiger partial charge is 0.462 e. The number of nitrogens with one attached hydrogen (secondary N) is 2. The molecule has 2 amide bonds. The zero-order valence-electron chi connectivity index (χ0n) is 24.9. The highest BCUT2D eigenvalue weighted by molar-refractivity contribution is 7.14. The first-order valence-corrected chi connectivity index (χ1v) is 15.6. The van der Waals surface area contributed by atoms with Gasteiger partial charge in [0.15, 0.2) is 5.13 Å². The summed E-state index contributed by atoms with van der Waals surface area (Å²) in [7, 11) is 0. The lowest BCUT2D eigenvalue weighted by Gasteiger charge is -2.21. The van der Waals surface area contributed by atoms with Gasteiger partial charge in [0.25, 0.3) is 5.91 Å². The van der Waals surface area contributed by atoms with Gasteiger partial charge in [0.1, 0.15) is 37.0 Å². The molecule has 0 spiro atoms. The van der Waals surface area contributed by atoms with Crippen LogP contribution in [0.1, 0.15) is 51.9 Å². The lowest BCUT2D eigenvalue weighted by molar-refractivity contribution is -0.159. The molecular weight excluding hydrogens is 590 g/mol. The Morgan fingerprint density at radius 1 is 1.02 bits per heavy atom. The van der Waals surface area contributed by atoms with Crippen molar-refractivity contribution in [3.8, 4) is 11.3 Å². The van der Waals surface area contributed by atoms with Crippen LogP contribution in [0.2, 0.25) is 0 Å². The fraction of sp³-hybridized carbons (Fsp3) is 0.552. The molecule has 0 radical (unpaired) electrons. The van der Waals surface area contributed by atoms with Gasteiger partial charge in [-0.1, -0.05) is 25.0 Å². The van der Waals surface area contributed by atoms with Gasteiger partial charge in [-0.25, -0.2) is 4.98 Å². The molecular formula is C29H43N7O7S. The number of hydrogen-bond donors (Lipinski definition) is 6. The third-order valence-corrected chi connectivity index (χ3v) is 7.66. The van der Waals surface area contributed by atoms with Crippen LogP contribution in [0.15, 0.2) is 29.6 Å². The first kappa shape index (κ1) is 35.0. The molecule has 1 aromatic carbocycles. The monoisotopic (exact) mass is 633 g/mol. The zero-order chi connectivity index (χ0) is 32.1. The smallest absolute Gasteiger partial charge is 0.323 e. The molecule has 0 saturated carbocycles. The standard InChI is InChI=1S/C29H43N7O7S/c1-17(37)34-29-36-22(16-44-29)18-7-6-8-19(13-18)35-26(38)24-14-23(43-28(40)21(33)10-3-5-12-31)25(42-24)15-41-27(39)20(32)9-2-4-11-30/h6-8,13,16,20-21,23-25H,2-5,9-12,14-15,30-33H2,1H3,(H,35,38)(H,34,36,37)/t20-,21-,23-,24-,25+/m0/s1. The van der Waals surface area contributed by atoms with Crippen molar-refractivity contribution in [2.45, 2.75) is 82.3 Å². The van der Waals surface area contributed by atoms with Gasteiger partial charge in [0, 0.05) is 30.0 Å². The van der Waals surface area contributed by atoms with Gasteiger partial charge in [0.2, 0.25) is 5.91 Å². The molecule has 14 nitrogen and oxygen atoms in total. The van der Waals surface area contributed by atoms with Gasteiger partial charge in [-0.05, 0) is 50.9 Å². The van der Waals surface area contributed by atoms with Crippen LogP contribution in [0.5, 0.6) is 0 Å². The number of hydrogen-bond acceptors (Lipinski definition) is 13. The van der Waals surface area contributed by atoms with E-state index in [1.165, 1.54) is 18.3 Å². The Kier molecular flexibility index (Phi) is 14.1. The van der Waals surface area contributed by atoms with Crippen LogP contribution in [0.25, 0.3) is 11.3 Å². The van der Waals surface area contributed by atoms with Crippen molar-refractivity contribution in [1.82, 2.24) is 4.98 Å². The number of carbonyl (C=O) groups is 4.